The minimum Gasteiger partial charge on any atom is -0.459 e. The van der Waals surface area contributed by atoms with Gasteiger partial charge in [0.15, 0.2) is 5.76 Å². The van der Waals surface area contributed by atoms with Gasteiger partial charge in [-0.25, -0.2) is 4.98 Å². The molecule has 1 N–H and O–H groups in total. The lowest BCUT2D eigenvalue weighted by molar-refractivity contribution is 0.0996. The van der Waals surface area contributed by atoms with E-state index in [2.05, 4.69) is 33.5 Å². The standard InChI is InChI=1S/C21H27N5O2/c1-3-24-9-11-25(12-10-24)15-20-23-17-14-16(7-8-18(17)26(20)4-2)22-21(27)19-6-5-13-28-19/h5-8,13-14H,3-4,9-12,15H2,1-2H3,(H,22,27). The number of hydrogen-bond donors (Lipinski definition) is 1. The fourth-order valence-corrected chi connectivity index (χ4v) is 3.80. The topological polar surface area (TPSA) is 66.5 Å². The molecule has 1 aromatic carbocycles. The van der Waals surface area contributed by atoms with Crippen molar-refractivity contribution >= 4 is 22.6 Å². The lowest BCUT2D eigenvalue weighted by Gasteiger charge is -2.33. The molecule has 7 heteroatoms. The third kappa shape index (κ3) is 3.81. The number of anilines is 1. The SMILES string of the molecule is CCN1CCN(Cc2nc3cc(NC(=O)c4ccco4)ccc3n2CC)CC1. The second-order valence-corrected chi connectivity index (χ2v) is 7.12. The number of rotatable bonds is 6. The maximum absolute atomic E-state index is 12.2. The quantitative estimate of drug-likeness (QED) is 0.711. The normalized spacial score (nSPS) is 15.9. The number of carbonyl (C=O) groups is 1. The maximum atomic E-state index is 12.2. The summed E-state index contributed by atoms with van der Waals surface area (Å²) in [5.41, 5.74) is 2.72. The fourth-order valence-electron chi connectivity index (χ4n) is 3.80. The largest absolute Gasteiger partial charge is 0.459 e. The van der Waals surface area contributed by atoms with Crippen molar-refractivity contribution in [1.29, 1.82) is 0 Å². The smallest absolute Gasteiger partial charge is 0.291 e. The highest BCUT2D eigenvalue weighted by atomic mass is 16.3. The summed E-state index contributed by atoms with van der Waals surface area (Å²) in [5, 5.41) is 2.88. The summed E-state index contributed by atoms with van der Waals surface area (Å²) in [5.74, 6) is 1.12. The van der Waals surface area contributed by atoms with Crippen molar-refractivity contribution in [2.45, 2.75) is 26.9 Å². The minimum atomic E-state index is -0.256. The second-order valence-electron chi connectivity index (χ2n) is 7.12. The molecule has 7 nitrogen and oxygen atoms in total. The zero-order valence-corrected chi connectivity index (χ0v) is 16.5. The molecule has 148 valence electrons. The van der Waals surface area contributed by atoms with Crippen LogP contribution < -0.4 is 5.32 Å². The summed E-state index contributed by atoms with van der Waals surface area (Å²) in [6, 6.07) is 9.23. The molecule has 0 spiro atoms. The summed E-state index contributed by atoms with van der Waals surface area (Å²) < 4.78 is 7.42. The number of nitrogens with one attached hydrogen (secondary N) is 1. The molecule has 0 radical (unpaired) electrons. The van der Waals surface area contributed by atoms with Crippen LogP contribution in [0.15, 0.2) is 41.0 Å². The van der Waals surface area contributed by atoms with Gasteiger partial charge < -0.3 is 19.2 Å². The Morgan fingerprint density at radius 3 is 2.57 bits per heavy atom. The van der Waals surface area contributed by atoms with Gasteiger partial charge in [0.25, 0.3) is 5.91 Å². The molecular weight excluding hydrogens is 354 g/mol. The zero-order valence-electron chi connectivity index (χ0n) is 16.5. The Labute approximate surface area is 164 Å². The van der Waals surface area contributed by atoms with E-state index in [9.17, 15) is 4.79 Å². The molecule has 0 bridgehead atoms. The number of carbonyl (C=O) groups excluding carboxylic acids is 1. The van der Waals surface area contributed by atoms with Gasteiger partial charge in [-0.2, -0.15) is 0 Å². The first-order chi connectivity index (χ1) is 13.7. The molecule has 0 saturated carbocycles. The first-order valence-corrected chi connectivity index (χ1v) is 9.96. The highest BCUT2D eigenvalue weighted by Gasteiger charge is 2.19. The number of hydrogen-bond acceptors (Lipinski definition) is 5. The molecule has 1 amide bonds. The van der Waals surface area contributed by atoms with Gasteiger partial charge in [-0.1, -0.05) is 6.92 Å². The van der Waals surface area contributed by atoms with Crippen LogP contribution in [0.3, 0.4) is 0 Å². The van der Waals surface area contributed by atoms with E-state index >= 15 is 0 Å². The highest BCUT2D eigenvalue weighted by Crippen LogP contribution is 2.22. The molecule has 3 heterocycles. The zero-order chi connectivity index (χ0) is 19.5. The number of benzene rings is 1. The molecule has 1 saturated heterocycles. The van der Waals surface area contributed by atoms with E-state index in [0.29, 0.717) is 5.76 Å². The van der Waals surface area contributed by atoms with Gasteiger partial charge in [0.05, 0.1) is 23.8 Å². The van der Waals surface area contributed by atoms with E-state index < -0.39 is 0 Å². The van der Waals surface area contributed by atoms with Crippen LogP contribution in [-0.2, 0) is 13.1 Å². The van der Waals surface area contributed by atoms with Gasteiger partial charge in [0.2, 0.25) is 0 Å². The number of fused-ring (bicyclic) bond motifs is 1. The lowest BCUT2D eigenvalue weighted by Crippen LogP contribution is -2.45. The number of amides is 1. The van der Waals surface area contributed by atoms with Crippen molar-refractivity contribution in [1.82, 2.24) is 19.4 Å². The molecule has 0 aliphatic carbocycles. The van der Waals surface area contributed by atoms with Gasteiger partial charge in [0, 0.05) is 38.4 Å². The van der Waals surface area contributed by atoms with E-state index in [1.54, 1.807) is 12.1 Å². The van der Waals surface area contributed by atoms with Crippen molar-refractivity contribution in [2.24, 2.45) is 0 Å². The fraction of sp³-hybridized carbons (Fsp3) is 0.429. The van der Waals surface area contributed by atoms with E-state index in [0.717, 1.165) is 68.4 Å². The first kappa shape index (κ1) is 18.7. The summed E-state index contributed by atoms with van der Waals surface area (Å²) in [6.07, 6.45) is 1.49. The molecule has 2 aromatic heterocycles. The van der Waals surface area contributed by atoms with Crippen LogP contribution in [0.5, 0.6) is 0 Å². The summed E-state index contributed by atoms with van der Waals surface area (Å²) in [4.78, 5) is 22.0. The second kappa shape index (κ2) is 8.16. The van der Waals surface area contributed by atoms with Crippen molar-refractivity contribution in [3.8, 4) is 0 Å². The Morgan fingerprint density at radius 2 is 1.89 bits per heavy atom. The average molecular weight is 381 g/mol. The van der Waals surface area contributed by atoms with Crippen LogP contribution in [0.2, 0.25) is 0 Å². The van der Waals surface area contributed by atoms with Crippen molar-refractivity contribution in [2.75, 3.05) is 38.0 Å². The summed E-state index contributed by atoms with van der Waals surface area (Å²) in [7, 11) is 0. The van der Waals surface area contributed by atoms with Crippen LogP contribution in [-0.4, -0.2) is 58.0 Å². The first-order valence-electron chi connectivity index (χ1n) is 9.96. The highest BCUT2D eigenvalue weighted by molar-refractivity contribution is 6.03. The minimum absolute atomic E-state index is 0.256. The monoisotopic (exact) mass is 381 g/mol. The molecular formula is C21H27N5O2. The Balaban J connectivity index is 1.52. The van der Waals surface area contributed by atoms with Crippen molar-refractivity contribution in [3.63, 3.8) is 0 Å². The molecule has 1 aliphatic heterocycles. The van der Waals surface area contributed by atoms with Crippen LogP contribution in [0.25, 0.3) is 11.0 Å². The van der Waals surface area contributed by atoms with Gasteiger partial charge in [0.1, 0.15) is 5.82 Å². The van der Waals surface area contributed by atoms with Crippen LogP contribution >= 0.6 is 0 Å². The van der Waals surface area contributed by atoms with Crippen LogP contribution in [0.1, 0.15) is 30.2 Å². The third-order valence-electron chi connectivity index (χ3n) is 5.42. The number of aromatic nitrogens is 2. The van der Waals surface area contributed by atoms with E-state index in [4.69, 9.17) is 9.40 Å². The number of nitrogens with zero attached hydrogens (tertiary/aromatic N) is 4. The maximum Gasteiger partial charge on any atom is 0.291 e. The number of imidazole rings is 1. The van der Waals surface area contributed by atoms with E-state index in [1.807, 2.05) is 18.2 Å². The Morgan fingerprint density at radius 1 is 1.11 bits per heavy atom. The number of likely N-dealkylation sites (N-methyl/N-ethyl adjacent to an activating group) is 1. The van der Waals surface area contributed by atoms with Gasteiger partial charge >= 0.3 is 0 Å². The predicted molar refractivity (Wildman–Crippen MR) is 109 cm³/mol. The molecule has 4 rings (SSSR count). The van der Waals surface area contributed by atoms with Gasteiger partial charge in [-0.15, -0.1) is 0 Å². The molecule has 0 atom stereocenters. The molecule has 0 unspecified atom stereocenters. The Hall–Kier alpha value is -2.64. The molecule has 3 aromatic rings. The third-order valence-corrected chi connectivity index (χ3v) is 5.42. The number of piperazine rings is 1. The van der Waals surface area contributed by atoms with Crippen molar-refractivity contribution < 1.29 is 9.21 Å². The lowest BCUT2D eigenvalue weighted by atomic mass is 10.2. The Kier molecular flexibility index (Phi) is 5.45. The van der Waals surface area contributed by atoms with Crippen LogP contribution in [0, 0.1) is 0 Å². The summed E-state index contributed by atoms with van der Waals surface area (Å²) >= 11 is 0. The van der Waals surface area contributed by atoms with Crippen molar-refractivity contribution in [3.05, 3.63) is 48.2 Å². The Bertz CT molecular complexity index is 939. The summed E-state index contributed by atoms with van der Waals surface area (Å²) in [6.45, 7) is 11.6. The predicted octanol–water partition coefficient (Wildman–Crippen LogP) is 3.04. The van der Waals surface area contributed by atoms with E-state index in [-0.39, 0.29) is 5.91 Å². The van der Waals surface area contributed by atoms with Gasteiger partial charge in [-0.05, 0) is 43.8 Å². The number of furan rings is 1. The van der Waals surface area contributed by atoms with E-state index in [1.165, 1.54) is 6.26 Å². The number of aryl methyl sites for hydroxylation is 1. The van der Waals surface area contributed by atoms with Gasteiger partial charge in [-0.3, -0.25) is 9.69 Å². The average Bonchev–Trinajstić information content (AvgIpc) is 3.36. The molecule has 1 aliphatic rings. The molecule has 28 heavy (non-hydrogen) atoms. The van der Waals surface area contributed by atoms with Crippen LogP contribution in [0.4, 0.5) is 5.69 Å². The molecule has 1 fully saturated rings.